The Hall–Kier alpha value is -1.09. The zero-order valence-corrected chi connectivity index (χ0v) is 17.0. The second-order valence-corrected chi connectivity index (χ2v) is 8.38. The monoisotopic (exact) mass is 390 g/mol. The van der Waals surface area contributed by atoms with Gasteiger partial charge in [-0.3, -0.25) is 4.55 Å². The molecule has 1 heterocycles. The Kier molecular flexibility index (Phi) is 8.21. The van der Waals surface area contributed by atoms with Crippen molar-refractivity contribution in [3.63, 3.8) is 0 Å². The molecule has 0 fully saturated rings. The number of nitrogens with zero attached hydrogens (tertiary/aromatic N) is 1. The van der Waals surface area contributed by atoms with E-state index in [4.69, 9.17) is 9.29 Å². The van der Waals surface area contributed by atoms with Crippen molar-refractivity contribution < 1.29 is 22.3 Å². The Morgan fingerprint density at radius 1 is 1.42 bits per heavy atom. The fraction of sp³-hybridized carbons (Fsp3) is 0.438. The Balaban J connectivity index is 0.000000505. The number of benzene rings is 1. The Morgan fingerprint density at radius 3 is 2.50 bits per heavy atom. The SMILES string of the molecule is CC/C(=C/c1sc2ccc(OC)cc2[n+]1CC)SC.CS(=O)(=O)O. The maximum atomic E-state index is 9.19. The minimum Gasteiger partial charge on any atom is -0.497 e. The fourth-order valence-electron chi connectivity index (χ4n) is 2.08. The van der Waals surface area contributed by atoms with Crippen LogP contribution in [0.5, 0.6) is 5.75 Å². The van der Waals surface area contributed by atoms with Crippen LogP contribution < -0.4 is 9.30 Å². The van der Waals surface area contributed by atoms with Crippen molar-refractivity contribution in [3.05, 3.63) is 28.1 Å². The molecule has 2 aromatic rings. The quantitative estimate of drug-likeness (QED) is 0.621. The van der Waals surface area contributed by atoms with Crippen LogP contribution in [-0.2, 0) is 16.7 Å². The highest BCUT2D eigenvalue weighted by Crippen LogP contribution is 2.28. The fourth-order valence-corrected chi connectivity index (χ4v) is 3.85. The van der Waals surface area contributed by atoms with Crippen LogP contribution in [0.25, 0.3) is 16.3 Å². The van der Waals surface area contributed by atoms with Crippen LogP contribution in [0.4, 0.5) is 0 Å². The number of thioether (sulfide) groups is 1. The number of hydrogen-bond donors (Lipinski definition) is 1. The van der Waals surface area contributed by atoms with E-state index in [0.717, 1.165) is 18.7 Å². The molecule has 0 aliphatic heterocycles. The Morgan fingerprint density at radius 2 is 2.04 bits per heavy atom. The van der Waals surface area contributed by atoms with Crippen molar-refractivity contribution in [1.29, 1.82) is 0 Å². The highest BCUT2D eigenvalue weighted by molar-refractivity contribution is 8.02. The number of hydrogen-bond acceptors (Lipinski definition) is 5. The maximum Gasteiger partial charge on any atom is 0.263 e. The van der Waals surface area contributed by atoms with Crippen LogP contribution in [0.2, 0.25) is 0 Å². The van der Waals surface area contributed by atoms with Crippen LogP contribution in [0, 0.1) is 0 Å². The third-order valence-electron chi connectivity index (χ3n) is 3.15. The molecule has 0 aliphatic carbocycles. The summed E-state index contributed by atoms with van der Waals surface area (Å²) in [5.41, 5.74) is 1.26. The largest absolute Gasteiger partial charge is 0.497 e. The molecule has 1 aromatic heterocycles. The van der Waals surface area contributed by atoms with Gasteiger partial charge >= 0.3 is 0 Å². The molecule has 0 bridgehead atoms. The van der Waals surface area contributed by atoms with Gasteiger partial charge < -0.3 is 4.74 Å². The summed E-state index contributed by atoms with van der Waals surface area (Å²) in [4.78, 5) is 1.42. The number of aryl methyl sites for hydroxylation is 1. The zero-order valence-electron chi connectivity index (χ0n) is 14.6. The van der Waals surface area contributed by atoms with E-state index in [-0.39, 0.29) is 0 Å². The normalized spacial score (nSPS) is 12.0. The molecule has 0 aliphatic rings. The molecule has 134 valence electrons. The van der Waals surface area contributed by atoms with Crippen LogP contribution in [0.15, 0.2) is 23.1 Å². The summed E-state index contributed by atoms with van der Waals surface area (Å²) in [6.45, 7) is 5.37. The van der Waals surface area contributed by atoms with E-state index in [2.05, 4.69) is 42.9 Å². The third-order valence-corrected chi connectivity index (χ3v) is 5.19. The molecule has 0 radical (unpaired) electrons. The summed E-state index contributed by atoms with van der Waals surface area (Å²) in [6.07, 6.45) is 6.25. The van der Waals surface area contributed by atoms with Crippen LogP contribution >= 0.6 is 23.1 Å². The number of rotatable bonds is 5. The van der Waals surface area contributed by atoms with Gasteiger partial charge in [0.25, 0.3) is 15.1 Å². The van der Waals surface area contributed by atoms with Gasteiger partial charge in [-0.2, -0.15) is 13.0 Å². The summed E-state index contributed by atoms with van der Waals surface area (Å²) in [6, 6.07) is 6.30. The van der Waals surface area contributed by atoms with Crippen LogP contribution in [0.3, 0.4) is 0 Å². The number of fused-ring (bicyclic) bond motifs is 1. The Bertz CT molecular complexity index is 796. The molecule has 0 saturated carbocycles. The van der Waals surface area contributed by atoms with Crippen molar-refractivity contribution >= 4 is 49.5 Å². The van der Waals surface area contributed by atoms with Crippen molar-refractivity contribution in [2.24, 2.45) is 0 Å². The van der Waals surface area contributed by atoms with E-state index < -0.39 is 10.1 Å². The van der Waals surface area contributed by atoms with Gasteiger partial charge in [0.15, 0.2) is 0 Å². The topological polar surface area (TPSA) is 67.5 Å². The first kappa shape index (κ1) is 21.0. The van der Waals surface area contributed by atoms with Crippen molar-refractivity contribution in [2.45, 2.75) is 26.8 Å². The Labute approximate surface area is 152 Å². The summed E-state index contributed by atoms with van der Waals surface area (Å²) in [5.74, 6) is 0.920. The molecule has 0 spiro atoms. The molecule has 1 aromatic carbocycles. The van der Waals surface area contributed by atoms with Gasteiger partial charge in [0.1, 0.15) is 17.0 Å². The summed E-state index contributed by atoms with van der Waals surface area (Å²) >= 11 is 3.68. The van der Waals surface area contributed by atoms with E-state index in [9.17, 15) is 8.42 Å². The highest BCUT2D eigenvalue weighted by atomic mass is 32.2. The van der Waals surface area contributed by atoms with Crippen molar-refractivity contribution in [1.82, 2.24) is 0 Å². The first-order valence-electron chi connectivity index (χ1n) is 7.40. The minimum absolute atomic E-state index is 0.715. The van der Waals surface area contributed by atoms with Gasteiger partial charge in [0.2, 0.25) is 5.52 Å². The van der Waals surface area contributed by atoms with E-state index in [0.29, 0.717) is 6.26 Å². The molecular weight excluding hydrogens is 366 g/mol. The van der Waals surface area contributed by atoms with Crippen molar-refractivity contribution in [3.8, 4) is 5.75 Å². The minimum atomic E-state index is -3.67. The van der Waals surface area contributed by atoms with Gasteiger partial charge in [-0.15, -0.1) is 11.8 Å². The smallest absolute Gasteiger partial charge is 0.263 e. The lowest BCUT2D eigenvalue weighted by Crippen LogP contribution is -2.33. The highest BCUT2D eigenvalue weighted by Gasteiger charge is 2.18. The summed E-state index contributed by atoms with van der Waals surface area (Å²) < 4.78 is 34.9. The van der Waals surface area contributed by atoms with Gasteiger partial charge in [0, 0.05) is 6.08 Å². The predicted octanol–water partition coefficient (Wildman–Crippen LogP) is 3.84. The predicted molar refractivity (Wildman–Crippen MR) is 104 cm³/mol. The van der Waals surface area contributed by atoms with Crippen LogP contribution in [0.1, 0.15) is 25.3 Å². The second kappa shape index (κ2) is 9.41. The second-order valence-electron chi connectivity index (χ2n) is 4.92. The first-order chi connectivity index (χ1) is 11.2. The lowest BCUT2D eigenvalue weighted by Gasteiger charge is -1.98. The zero-order chi connectivity index (χ0) is 18.3. The van der Waals surface area contributed by atoms with E-state index in [1.165, 1.54) is 20.1 Å². The van der Waals surface area contributed by atoms with Crippen LogP contribution in [-0.4, -0.2) is 32.6 Å². The summed E-state index contributed by atoms with van der Waals surface area (Å²) in [7, 11) is -1.95. The van der Waals surface area contributed by atoms with Gasteiger partial charge in [-0.25, -0.2) is 0 Å². The van der Waals surface area contributed by atoms with Gasteiger partial charge in [0.05, 0.1) is 19.4 Å². The number of aromatic nitrogens is 1. The summed E-state index contributed by atoms with van der Waals surface area (Å²) in [5, 5.41) is 1.32. The van der Waals surface area contributed by atoms with E-state index in [1.54, 1.807) is 7.11 Å². The molecular formula is C16H24NO4S3+. The number of methoxy groups -OCH3 is 1. The molecule has 0 saturated heterocycles. The molecule has 5 nitrogen and oxygen atoms in total. The lowest BCUT2D eigenvalue weighted by molar-refractivity contribution is -0.665. The van der Waals surface area contributed by atoms with E-state index >= 15 is 0 Å². The van der Waals surface area contributed by atoms with Crippen molar-refractivity contribution in [2.75, 3.05) is 19.6 Å². The van der Waals surface area contributed by atoms with E-state index in [1.807, 2.05) is 29.2 Å². The first-order valence-corrected chi connectivity index (χ1v) is 11.3. The molecule has 24 heavy (non-hydrogen) atoms. The average Bonchev–Trinajstić information content (AvgIpc) is 2.86. The molecule has 0 atom stereocenters. The molecule has 2 rings (SSSR count). The number of thiazole rings is 1. The van der Waals surface area contributed by atoms with Gasteiger partial charge in [-0.05, 0) is 36.6 Å². The number of allylic oxidation sites excluding steroid dienone is 1. The molecule has 1 N–H and O–H groups in total. The lowest BCUT2D eigenvalue weighted by atomic mass is 10.3. The molecule has 0 amide bonds. The standard InChI is InChI=1S/C15H20NOS2.CH4O3S/c1-5-12(18-4)10-15-16(6-2)13-9-11(17-3)7-8-14(13)19-15;1-5(2,3)4/h7-10H,5-6H2,1-4H3;1H3,(H,2,3,4)/q+1;/b12-10-;. The van der Waals surface area contributed by atoms with Gasteiger partial charge in [-0.1, -0.05) is 18.3 Å². The molecule has 8 heteroatoms. The maximum absolute atomic E-state index is 9.19. The average molecular weight is 391 g/mol. The third kappa shape index (κ3) is 6.43. The number of ether oxygens (including phenoxy) is 1. The molecule has 0 unspecified atom stereocenters.